The van der Waals surface area contributed by atoms with E-state index < -0.39 is 0 Å². The van der Waals surface area contributed by atoms with Crippen molar-refractivity contribution in [1.29, 1.82) is 0 Å². The van der Waals surface area contributed by atoms with Gasteiger partial charge in [-0.3, -0.25) is 4.79 Å². The molecule has 4 heteroatoms. The van der Waals surface area contributed by atoms with E-state index in [4.69, 9.17) is 0 Å². The number of carbonyl (C=O) groups excluding carboxylic acids is 1. The van der Waals surface area contributed by atoms with Crippen molar-refractivity contribution in [2.75, 3.05) is 6.54 Å². The van der Waals surface area contributed by atoms with Gasteiger partial charge in [0.15, 0.2) is 0 Å². The van der Waals surface area contributed by atoms with E-state index >= 15 is 0 Å². The fourth-order valence-electron chi connectivity index (χ4n) is 2.07. The lowest BCUT2D eigenvalue weighted by molar-refractivity contribution is -0.120. The Morgan fingerprint density at radius 1 is 1.10 bits per heavy atom. The third-order valence-electron chi connectivity index (χ3n) is 3.24. The third-order valence-corrected chi connectivity index (χ3v) is 3.24. The van der Waals surface area contributed by atoms with Gasteiger partial charge in [-0.2, -0.15) is 0 Å². The molecule has 2 aromatic carbocycles. The topological polar surface area (TPSA) is 41.1 Å². The number of benzene rings is 2. The van der Waals surface area contributed by atoms with Crippen molar-refractivity contribution in [2.24, 2.45) is 0 Å². The van der Waals surface area contributed by atoms with Crippen LogP contribution in [0.15, 0.2) is 54.6 Å². The second-order valence-corrected chi connectivity index (χ2v) is 4.89. The highest BCUT2D eigenvalue weighted by Crippen LogP contribution is 2.10. The Hall–Kier alpha value is -2.20. The molecule has 0 aromatic heterocycles. The van der Waals surface area contributed by atoms with Gasteiger partial charge in [-0.25, -0.2) is 4.39 Å². The number of nitrogens with one attached hydrogen (secondary N) is 2. The fraction of sp³-hybridized carbons (Fsp3) is 0.235. The van der Waals surface area contributed by atoms with Gasteiger partial charge in [0.1, 0.15) is 5.82 Å². The molecule has 2 N–H and O–H groups in total. The van der Waals surface area contributed by atoms with Crippen LogP contribution in [0, 0.1) is 5.82 Å². The van der Waals surface area contributed by atoms with Gasteiger partial charge < -0.3 is 10.6 Å². The summed E-state index contributed by atoms with van der Waals surface area (Å²) in [6.07, 6.45) is 0. The Balaban J connectivity index is 1.76. The van der Waals surface area contributed by atoms with Gasteiger partial charge in [0.05, 0.1) is 12.6 Å². The Morgan fingerprint density at radius 2 is 1.76 bits per heavy atom. The van der Waals surface area contributed by atoms with Gasteiger partial charge in [0.2, 0.25) is 5.91 Å². The molecule has 0 heterocycles. The third kappa shape index (κ3) is 4.68. The average molecular weight is 286 g/mol. The van der Waals surface area contributed by atoms with Crippen LogP contribution in [0.25, 0.3) is 0 Å². The van der Waals surface area contributed by atoms with Crippen LogP contribution in [-0.2, 0) is 11.3 Å². The molecule has 0 spiro atoms. The molecule has 3 nitrogen and oxygen atoms in total. The summed E-state index contributed by atoms with van der Waals surface area (Å²) in [4.78, 5) is 11.8. The Morgan fingerprint density at radius 3 is 2.48 bits per heavy atom. The molecular weight excluding hydrogens is 267 g/mol. The van der Waals surface area contributed by atoms with Gasteiger partial charge in [-0.15, -0.1) is 0 Å². The second kappa shape index (κ2) is 7.55. The van der Waals surface area contributed by atoms with Crippen molar-refractivity contribution < 1.29 is 9.18 Å². The zero-order valence-electron chi connectivity index (χ0n) is 12.0. The summed E-state index contributed by atoms with van der Waals surface area (Å²) in [5, 5.41) is 5.85. The minimum Gasteiger partial charge on any atom is -0.348 e. The number of rotatable bonds is 6. The van der Waals surface area contributed by atoms with Crippen LogP contribution in [0.4, 0.5) is 4.39 Å². The summed E-state index contributed by atoms with van der Waals surface area (Å²) in [7, 11) is 0. The normalized spacial score (nSPS) is 11.9. The van der Waals surface area contributed by atoms with Crippen molar-refractivity contribution >= 4 is 5.91 Å². The SMILES string of the molecule is CC(NC(=O)CNCc1ccccc1F)c1ccccc1. The van der Waals surface area contributed by atoms with E-state index in [-0.39, 0.29) is 24.3 Å². The highest BCUT2D eigenvalue weighted by atomic mass is 19.1. The highest BCUT2D eigenvalue weighted by Gasteiger charge is 2.09. The zero-order chi connectivity index (χ0) is 15.1. The van der Waals surface area contributed by atoms with Crippen LogP contribution in [0.5, 0.6) is 0 Å². The van der Waals surface area contributed by atoms with Gasteiger partial charge in [0.25, 0.3) is 0 Å². The van der Waals surface area contributed by atoms with Crippen molar-refractivity contribution in [2.45, 2.75) is 19.5 Å². The maximum atomic E-state index is 13.4. The first-order valence-electron chi connectivity index (χ1n) is 6.95. The smallest absolute Gasteiger partial charge is 0.234 e. The molecule has 1 amide bonds. The number of carbonyl (C=O) groups is 1. The molecule has 2 aromatic rings. The summed E-state index contributed by atoms with van der Waals surface area (Å²) < 4.78 is 13.4. The van der Waals surface area contributed by atoms with E-state index in [2.05, 4.69) is 10.6 Å². The summed E-state index contributed by atoms with van der Waals surface area (Å²) in [6.45, 7) is 2.43. The minimum atomic E-state index is -0.261. The summed E-state index contributed by atoms with van der Waals surface area (Å²) in [6, 6.07) is 16.2. The standard InChI is InChI=1S/C17H19FN2O/c1-13(14-7-3-2-4-8-14)20-17(21)12-19-11-15-9-5-6-10-16(15)18/h2-10,13,19H,11-12H2,1H3,(H,20,21). The Kier molecular flexibility index (Phi) is 5.46. The summed E-state index contributed by atoms with van der Waals surface area (Å²) in [5.74, 6) is -0.370. The number of hydrogen-bond acceptors (Lipinski definition) is 2. The van der Waals surface area contributed by atoms with E-state index in [1.807, 2.05) is 37.3 Å². The van der Waals surface area contributed by atoms with Gasteiger partial charge in [-0.1, -0.05) is 48.5 Å². The van der Waals surface area contributed by atoms with E-state index in [9.17, 15) is 9.18 Å². The molecule has 1 unspecified atom stereocenters. The quantitative estimate of drug-likeness (QED) is 0.857. The fourth-order valence-corrected chi connectivity index (χ4v) is 2.07. The van der Waals surface area contributed by atoms with E-state index in [1.54, 1.807) is 18.2 Å². The molecule has 0 aliphatic heterocycles. The molecular formula is C17H19FN2O. The molecule has 0 aliphatic carbocycles. The zero-order valence-corrected chi connectivity index (χ0v) is 12.0. The molecule has 21 heavy (non-hydrogen) atoms. The van der Waals surface area contributed by atoms with Crippen LogP contribution < -0.4 is 10.6 Å². The van der Waals surface area contributed by atoms with Crippen LogP contribution in [0.2, 0.25) is 0 Å². The number of hydrogen-bond donors (Lipinski definition) is 2. The first kappa shape index (κ1) is 15.2. The molecule has 0 bridgehead atoms. The van der Waals surface area contributed by atoms with Gasteiger partial charge >= 0.3 is 0 Å². The van der Waals surface area contributed by atoms with Crippen LogP contribution >= 0.6 is 0 Å². The average Bonchev–Trinajstić information content (AvgIpc) is 2.50. The van der Waals surface area contributed by atoms with Crippen LogP contribution in [0.3, 0.4) is 0 Å². The Labute approximate surface area is 124 Å². The maximum absolute atomic E-state index is 13.4. The maximum Gasteiger partial charge on any atom is 0.234 e. The lowest BCUT2D eigenvalue weighted by Gasteiger charge is -2.14. The Bertz CT molecular complexity index is 586. The minimum absolute atomic E-state index is 0.0473. The van der Waals surface area contributed by atoms with E-state index in [0.29, 0.717) is 12.1 Å². The van der Waals surface area contributed by atoms with Crippen LogP contribution in [-0.4, -0.2) is 12.5 Å². The van der Waals surface area contributed by atoms with E-state index in [1.165, 1.54) is 6.07 Å². The second-order valence-electron chi connectivity index (χ2n) is 4.89. The van der Waals surface area contributed by atoms with Gasteiger partial charge in [-0.05, 0) is 18.6 Å². The summed E-state index contributed by atoms with van der Waals surface area (Å²) >= 11 is 0. The van der Waals surface area contributed by atoms with Crippen molar-refractivity contribution in [3.63, 3.8) is 0 Å². The largest absolute Gasteiger partial charge is 0.348 e. The molecule has 0 saturated heterocycles. The molecule has 0 fully saturated rings. The summed E-state index contributed by atoms with van der Waals surface area (Å²) in [5.41, 5.74) is 1.61. The molecule has 2 rings (SSSR count). The van der Waals surface area contributed by atoms with Crippen molar-refractivity contribution in [3.8, 4) is 0 Å². The molecule has 0 radical (unpaired) electrons. The van der Waals surface area contributed by atoms with Crippen molar-refractivity contribution in [3.05, 3.63) is 71.5 Å². The molecule has 0 saturated carbocycles. The lowest BCUT2D eigenvalue weighted by Crippen LogP contribution is -2.35. The van der Waals surface area contributed by atoms with Crippen LogP contribution in [0.1, 0.15) is 24.1 Å². The number of halogens is 1. The monoisotopic (exact) mass is 286 g/mol. The molecule has 110 valence electrons. The molecule has 0 aliphatic rings. The predicted molar refractivity (Wildman–Crippen MR) is 81.1 cm³/mol. The lowest BCUT2D eigenvalue weighted by atomic mass is 10.1. The van der Waals surface area contributed by atoms with E-state index in [0.717, 1.165) is 5.56 Å². The van der Waals surface area contributed by atoms with Crippen molar-refractivity contribution in [1.82, 2.24) is 10.6 Å². The predicted octanol–water partition coefficient (Wildman–Crippen LogP) is 2.79. The first-order valence-corrected chi connectivity index (χ1v) is 6.95. The van der Waals surface area contributed by atoms with Gasteiger partial charge in [0, 0.05) is 12.1 Å². The number of amides is 1. The molecule has 1 atom stereocenters. The highest BCUT2D eigenvalue weighted by molar-refractivity contribution is 5.78. The first-order chi connectivity index (χ1) is 10.2.